The molecule has 0 saturated carbocycles. The van der Waals surface area contributed by atoms with E-state index in [-0.39, 0.29) is 18.1 Å². The van der Waals surface area contributed by atoms with E-state index in [9.17, 15) is 13.6 Å². The van der Waals surface area contributed by atoms with E-state index in [2.05, 4.69) is 0 Å². The fourth-order valence-electron chi connectivity index (χ4n) is 1.04. The molecule has 0 radical (unpaired) electrons. The summed E-state index contributed by atoms with van der Waals surface area (Å²) in [5, 5.41) is 0. The van der Waals surface area contributed by atoms with Crippen molar-refractivity contribution >= 4 is 6.29 Å². The predicted molar refractivity (Wildman–Crippen MR) is 52.1 cm³/mol. The summed E-state index contributed by atoms with van der Waals surface area (Å²) in [4.78, 5) is 10.3. The Morgan fingerprint density at radius 2 is 1.87 bits per heavy atom. The van der Waals surface area contributed by atoms with E-state index in [0.29, 0.717) is 6.29 Å². The molecular weight excluding hydrogens is 202 g/mol. The lowest BCUT2D eigenvalue weighted by atomic mass is 10.2. The Kier molecular flexibility index (Phi) is 3.77. The van der Waals surface area contributed by atoms with E-state index in [1.807, 2.05) is 13.8 Å². The van der Waals surface area contributed by atoms with Crippen LogP contribution in [0, 0.1) is 17.6 Å². The summed E-state index contributed by atoms with van der Waals surface area (Å²) < 4.78 is 31.4. The number of carbonyl (C=O) groups excluding carboxylic acids is 1. The first-order valence-corrected chi connectivity index (χ1v) is 4.61. The Labute approximate surface area is 86.9 Å². The van der Waals surface area contributed by atoms with Crippen LogP contribution < -0.4 is 4.74 Å². The molecule has 15 heavy (non-hydrogen) atoms. The van der Waals surface area contributed by atoms with Crippen LogP contribution in [0.5, 0.6) is 5.75 Å². The van der Waals surface area contributed by atoms with Crippen molar-refractivity contribution < 1.29 is 18.3 Å². The molecule has 1 rings (SSSR count). The lowest BCUT2D eigenvalue weighted by Crippen LogP contribution is -2.07. The second kappa shape index (κ2) is 4.87. The summed E-state index contributed by atoms with van der Waals surface area (Å²) in [6, 6.07) is 1.90. The molecule has 0 unspecified atom stereocenters. The average Bonchev–Trinajstić information content (AvgIpc) is 2.15. The third kappa shape index (κ3) is 3.01. The Balaban J connectivity index is 2.93. The first-order chi connectivity index (χ1) is 7.04. The second-order valence-corrected chi connectivity index (χ2v) is 3.64. The van der Waals surface area contributed by atoms with Gasteiger partial charge in [-0.2, -0.15) is 0 Å². The third-order valence-corrected chi connectivity index (χ3v) is 1.72. The molecule has 0 saturated heterocycles. The molecule has 0 atom stereocenters. The van der Waals surface area contributed by atoms with E-state index in [4.69, 9.17) is 4.74 Å². The Morgan fingerprint density at radius 3 is 2.27 bits per heavy atom. The smallest absolute Gasteiger partial charge is 0.190 e. The minimum absolute atomic E-state index is 0.0399. The highest BCUT2D eigenvalue weighted by molar-refractivity contribution is 5.75. The topological polar surface area (TPSA) is 26.3 Å². The van der Waals surface area contributed by atoms with Gasteiger partial charge in [0.2, 0.25) is 0 Å². The molecule has 0 heterocycles. The highest BCUT2D eigenvalue weighted by atomic mass is 19.1. The van der Waals surface area contributed by atoms with Crippen molar-refractivity contribution in [2.45, 2.75) is 13.8 Å². The van der Waals surface area contributed by atoms with Gasteiger partial charge in [-0.1, -0.05) is 13.8 Å². The maximum atomic E-state index is 13.2. The second-order valence-electron chi connectivity index (χ2n) is 3.64. The van der Waals surface area contributed by atoms with Gasteiger partial charge in [0.05, 0.1) is 6.61 Å². The van der Waals surface area contributed by atoms with Crippen LogP contribution in [-0.4, -0.2) is 12.9 Å². The van der Waals surface area contributed by atoms with Gasteiger partial charge in [0, 0.05) is 5.56 Å². The van der Waals surface area contributed by atoms with Crippen molar-refractivity contribution in [2.75, 3.05) is 6.61 Å². The standard InChI is InChI=1S/C11H12F2O2/c1-7(2)6-15-11-9(12)3-8(5-14)4-10(11)13/h3-5,7H,6H2,1-2H3. The van der Waals surface area contributed by atoms with E-state index >= 15 is 0 Å². The number of hydrogen-bond acceptors (Lipinski definition) is 2. The summed E-state index contributed by atoms with van der Waals surface area (Å²) in [5.74, 6) is -1.95. The quantitative estimate of drug-likeness (QED) is 0.720. The van der Waals surface area contributed by atoms with Gasteiger partial charge in [-0.3, -0.25) is 4.79 Å². The zero-order valence-electron chi connectivity index (χ0n) is 8.59. The number of rotatable bonds is 4. The number of hydrogen-bond donors (Lipinski definition) is 0. The van der Waals surface area contributed by atoms with Gasteiger partial charge in [0.1, 0.15) is 6.29 Å². The molecule has 82 valence electrons. The number of aldehydes is 1. The van der Waals surface area contributed by atoms with Gasteiger partial charge < -0.3 is 4.74 Å². The van der Waals surface area contributed by atoms with E-state index in [0.717, 1.165) is 12.1 Å². The van der Waals surface area contributed by atoms with E-state index < -0.39 is 17.4 Å². The minimum atomic E-state index is -0.849. The van der Waals surface area contributed by atoms with Crippen molar-refractivity contribution in [3.63, 3.8) is 0 Å². The van der Waals surface area contributed by atoms with Crippen LogP contribution in [0.25, 0.3) is 0 Å². The van der Waals surface area contributed by atoms with Gasteiger partial charge in [0.15, 0.2) is 17.4 Å². The van der Waals surface area contributed by atoms with Crippen LogP contribution in [0.15, 0.2) is 12.1 Å². The highest BCUT2D eigenvalue weighted by Crippen LogP contribution is 2.23. The van der Waals surface area contributed by atoms with Crippen molar-refractivity contribution in [3.05, 3.63) is 29.3 Å². The largest absolute Gasteiger partial charge is 0.487 e. The zero-order chi connectivity index (χ0) is 11.4. The van der Waals surface area contributed by atoms with Gasteiger partial charge in [-0.25, -0.2) is 8.78 Å². The molecule has 0 bridgehead atoms. The molecule has 0 aromatic heterocycles. The van der Waals surface area contributed by atoms with E-state index in [1.165, 1.54) is 0 Å². The normalized spacial score (nSPS) is 10.5. The number of ether oxygens (including phenoxy) is 1. The minimum Gasteiger partial charge on any atom is -0.487 e. The monoisotopic (exact) mass is 214 g/mol. The molecule has 2 nitrogen and oxygen atoms in total. The average molecular weight is 214 g/mol. The van der Waals surface area contributed by atoms with Crippen molar-refractivity contribution in [1.82, 2.24) is 0 Å². The Morgan fingerprint density at radius 1 is 1.33 bits per heavy atom. The molecule has 0 fully saturated rings. The highest BCUT2D eigenvalue weighted by Gasteiger charge is 2.12. The molecule has 0 N–H and O–H groups in total. The summed E-state index contributed by atoms with van der Waals surface area (Å²) in [6.45, 7) is 3.97. The molecular formula is C11H12F2O2. The Hall–Kier alpha value is -1.45. The lowest BCUT2D eigenvalue weighted by molar-refractivity contribution is 0.112. The first-order valence-electron chi connectivity index (χ1n) is 4.61. The van der Waals surface area contributed by atoms with Crippen LogP contribution in [0.1, 0.15) is 24.2 Å². The van der Waals surface area contributed by atoms with Gasteiger partial charge in [-0.15, -0.1) is 0 Å². The zero-order valence-corrected chi connectivity index (χ0v) is 8.59. The maximum absolute atomic E-state index is 13.2. The molecule has 4 heteroatoms. The molecule has 0 aliphatic rings. The van der Waals surface area contributed by atoms with Crippen LogP contribution in [0.2, 0.25) is 0 Å². The molecule has 1 aromatic carbocycles. The lowest BCUT2D eigenvalue weighted by Gasteiger charge is -2.10. The van der Waals surface area contributed by atoms with Gasteiger partial charge in [0.25, 0.3) is 0 Å². The molecule has 1 aromatic rings. The fourth-order valence-corrected chi connectivity index (χ4v) is 1.04. The van der Waals surface area contributed by atoms with Gasteiger partial charge >= 0.3 is 0 Å². The van der Waals surface area contributed by atoms with Gasteiger partial charge in [-0.05, 0) is 18.1 Å². The van der Waals surface area contributed by atoms with Crippen molar-refractivity contribution in [3.8, 4) is 5.75 Å². The fraction of sp³-hybridized carbons (Fsp3) is 0.364. The molecule has 0 aliphatic carbocycles. The number of benzene rings is 1. The molecule has 0 aliphatic heterocycles. The van der Waals surface area contributed by atoms with Crippen molar-refractivity contribution in [2.24, 2.45) is 5.92 Å². The maximum Gasteiger partial charge on any atom is 0.190 e. The van der Waals surface area contributed by atoms with Crippen molar-refractivity contribution in [1.29, 1.82) is 0 Å². The summed E-state index contributed by atoms with van der Waals surface area (Å²) >= 11 is 0. The van der Waals surface area contributed by atoms with Crippen LogP contribution >= 0.6 is 0 Å². The van der Waals surface area contributed by atoms with E-state index in [1.54, 1.807) is 0 Å². The third-order valence-electron chi connectivity index (χ3n) is 1.72. The first kappa shape index (κ1) is 11.6. The number of carbonyl (C=O) groups is 1. The Bertz CT molecular complexity index is 339. The summed E-state index contributed by atoms with van der Waals surface area (Å²) in [5.41, 5.74) is -0.0399. The summed E-state index contributed by atoms with van der Waals surface area (Å²) in [7, 11) is 0. The molecule has 0 amide bonds. The predicted octanol–water partition coefficient (Wildman–Crippen LogP) is 2.81. The SMILES string of the molecule is CC(C)COc1c(F)cc(C=O)cc1F. The van der Waals surface area contributed by atoms with Crippen LogP contribution in [-0.2, 0) is 0 Å². The van der Waals surface area contributed by atoms with Crippen LogP contribution in [0.3, 0.4) is 0 Å². The van der Waals surface area contributed by atoms with Crippen LogP contribution in [0.4, 0.5) is 8.78 Å². The summed E-state index contributed by atoms with van der Waals surface area (Å²) in [6.07, 6.45) is 0.387. The number of halogens is 2. The molecule has 0 spiro atoms.